The van der Waals surface area contributed by atoms with Crippen LogP contribution in [0.5, 0.6) is 0 Å². The lowest BCUT2D eigenvalue weighted by molar-refractivity contribution is 0.0875. The number of nitrogens with zero attached hydrogens (tertiary/aromatic N) is 3. The molecule has 1 amide bonds. The molecule has 8 heteroatoms. The summed E-state index contributed by atoms with van der Waals surface area (Å²) >= 11 is 3.32. The standard InChI is InChI=1S/C18H29BrN4O2Si/c1-17(2,3)26(7,8)25-11-18(4,5)22-16(24)12-10-23(6)15-14(12)21-13(19)9-20-15/h9-10H,11H2,1-8H3,(H,22,24). The normalized spacial score (nSPS) is 13.3. The van der Waals surface area contributed by atoms with Gasteiger partial charge in [0.1, 0.15) is 10.1 Å². The fraction of sp³-hybridized carbons (Fsp3) is 0.611. The van der Waals surface area contributed by atoms with Gasteiger partial charge in [-0.05, 0) is 47.9 Å². The van der Waals surface area contributed by atoms with Crippen LogP contribution in [-0.2, 0) is 11.5 Å². The second-order valence-corrected chi connectivity index (χ2v) is 14.5. The van der Waals surface area contributed by atoms with Crippen LogP contribution in [0.1, 0.15) is 45.0 Å². The van der Waals surface area contributed by atoms with Crippen molar-refractivity contribution in [2.75, 3.05) is 6.61 Å². The molecule has 144 valence electrons. The molecule has 2 heterocycles. The molecule has 0 unspecified atom stereocenters. The predicted octanol–water partition coefficient (Wildman–Crippen LogP) is 4.26. The fourth-order valence-electron chi connectivity index (χ4n) is 2.27. The van der Waals surface area contributed by atoms with E-state index < -0.39 is 13.9 Å². The van der Waals surface area contributed by atoms with E-state index in [1.165, 1.54) is 0 Å². The van der Waals surface area contributed by atoms with Gasteiger partial charge in [-0.2, -0.15) is 0 Å². The number of amides is 1. The molecule has 0 aliphatic carbocycles. The Balaban J connectivity index is 2.17. The molecule has 26 heavy (non-hydrogen) atoms. The van der Waals surface area contributed by atoms with Crippen LogP contribution in [0, 0.1) is 0 Å². The zero-order chi connectivity index (χ0) is 19.9. The van der Waals surface area contributed by atoms with Crippen molar-refractivity contribution in [2.45, 2.75) is 58.3 Å². The van der Waals surface area contributed by atoms with Crippen LogP contribution < -0.4 is 5.32 Å². The summed E-state index contributed by atoms with van der Waals surface area (Å²) in [5.74, 6) is -0.174. The van der Waals surface area contributed by atoms with Crippen LogP contribution in [0.3, 0.4) is 0 Å². The lowest BCUT2D eigenvalue weighted by Gasteiger charge is -2.39. The Morgan fingerprint density at radius 2 is 1.92 bits per heavy atom. The number of rotatable bonds is 5. The fourth-order valence-corrected chi connectivity index (χ4v) is 3.70. The Morgan fingerprint density at radius 3 is 2.50 bits per heavy atom. The summed E-state index contributed by atoms with van der Waals surface area (Å²) in [4.78, 5) is 21.6. The minimum absolute atomic E-state index is 0.130. The Labute approximate surface area is 165 Å². The van der Waals surface area contributed by atoms with E-state index >= 15 is 0 Å². The van der Waals surface area contributed by atoms with Gasteiger partial charge in [0.2, 0.25) is 0 Å². The van der Waals surface area contributed by atoms with Gasteiger partial charge in [-0.25, -0.2) is 9.97 Å². The van der Waals surface area contributed by atoms with Gasteiger partial charge < -0.3 is 14.3 Å². The maximum Gasteiger partial charge on any atom is 0.255 e. The summed E-state index contributed by atoms with van der Waals surface area (Å²) in [6.45, 7) is 15.5. The third-order valence-electron chi connectivity index (χ3n) is 4.93. The highest BCUT2D eigenvalue weighted by molar-refractivity contribution is 9.10. The average Bonchev–Trinajstić information content (AvgIpc) is 2.80. The van der Waals surface area contributed by atoms with Crippen molar-refractivity contribution < 1.29 is 9.22 Å². The van der Waals surface area contributed by atoms with E-state index in [2.05, 4.69) is 65.1 Å². The van der Waals surface area contributed by atoms with E-state index in [1.54, 1.807) is 12.4 Å². The Morgan fingerprint density at radius 1 is 1.31 bits per heavy atom. The molecular weight excluding hydrogens is 412 g/mol. The van der Waals surface area contributed by atoms with Gasteiger partial charge in [0.05, 0.1) is 23.9 Å². The smallest absolute Gasteiger partial charge is 0.255 e. The molecule has 0 saturated heterocycles. The van der Waals surface area contributed by atoms with Crippen molar-refractivity contribution in [3.05, 3.63) is 22.6 Å². The zero-order valence-electron chi connectivity index (χ0n) is 16.9. The van der Waals surface area contributed by atoms with Gasteiger partial charge in [0.15, 0.2) is 14.0 Å². The summed E-state index contributed by atoms with van der Waals surface area (Å²) < 4.78 is 8.70. The SMILES string of the molecule is Cn1cc(C(=O)NC(C)(C)CO[Si](C)(C)C(C)(C)C)c2nc(Br)cnc21. The van der Waals surface area contributed by atoms with Crippen molar-refractivity contribution in [1.82, 2.24) is 19.9 Å². The van der Waals surface area contributed by atoms with Crippen molar-refractivity contribution in [3.63, 3.8) is 0 Å². The van der Waals surface area contributed by atoms with E-state index in [0.29, 0.717) is 27.9 Å². The predicted molar refractivity (Wildman–Crippen MR) is 111 cm³/mol. The number of nitrogens with one attached hydrogen (secondary N) is 1. The monoisotopic (exact) mass is 440 g/mol. The van der Waals surface area contributed by atoms with Crippen molar-refractivity contribution >= 4 is 41.3 Å². The van der Waals surface area contributed by atoms with E-state index in [-0.39, 0.29) is 10.9 Å². The summed E-state index contributed by atoms with van der Waals surface area (Å²) in [5.41, 5.74) is 1.28. The van der Waals surface area contributed by atoms with E-state index in [1.807, 2.05) is 25.5 Å². The van der Waals surface area contributed by atoms with E-state index in [9.17, 15) is 4.79 Å². The summed E-state index contributed by atoms with van der Waals surface area (Å²) in [7, 11) is -0.0214. The van der Waals surface area contributed by atoms with Crippen molar-refractivity contribution in [3.8, 4) is 0 Å². The second-order valence-electron chi connectivity index (χ2n) is 8.91. The Hall–Kier alpha value is -1.25. The number of halogens is 1. The molecule has 0 aromatic carbocycles. The number of hydrogen-bond donors (Lipinski definition) is 1. The van der Waals surface area contributed by atoms with Gasteiger partial charge >= 0.3 is 0 Å². The van der Waals surface area contributed by atoms with Crippen LogP contribution in [0.25, 0.3) is 11.2 Å². The first-order chi connectivity index (χ1) is 11.7. The Kier molecular flexibility index (Phi) is 5.71. The largest absolute Gasteiger partial charge is 0.414 e. The molecule has 0 bridgehead atoms. The number of carbonyl (C=O) groups excluding carboxylic acids is 1. The average molecular weight is 441 g/mol. The number of carbonyl (C=O) groups is 1. The first kappa shape index (κ1) is 21.1. The first-order valence-corrected chi connectivity index (χ1v) is 12.4. The number of fused-ring (bicyclic) bond motifs is 1. The van der Waals surface area contributed by atoms with Crippen LogP contribution in [-0.4, -0.2) is 40.9 Å². The Bertz CT molecular complexity index is 824. The third-order valence-corrected chi connectivity index (χ3v) is 9.79. The van der Waals surface area contributed by atoms with Gasteiger partial charge in [0, 0.05) is 13.2 Å². The summed E-state index contributed by atoms with van der Waals surface area (Å²) in [6.07, 6.45) is 3.39. The van der Waals surface area contributed by atoms with E-state index in [0.717, 1.165) is 0 Å². The lowest BCUT2D eigenvalue weighted by Crippen LogP contribution is -2.51. The maximum absolute atomic E-state index is 12.9. The van der Waals surface area contributed by atoms with Gasteiger partial charge in [-0.15, -0.1) is 0 Å². The van der Waals surface area contributed by atoms with Crippen molar-refractivity contribution in [1.29, 1.82) is 0 Å². The molecule has 6 nitrogen and oxygen atoms in total. The lowest BCUT2D eigenvalue weighted by atomic mass is 10.1. The highest BCUT2D eigenvalue weighted by Crippen LogP contribution is 2.37. The van der Waals surface area contributed by atoms with Gasteiger partial charge in [-0.3, -0.25) is 4.79 Å². The van der Waals surface area contributed by atoms with Crippen LogP contribution in [0.2, 0.25) is 18.1 Å². The molecule has 0 saturated carbocycles. The highest BCUT2D eigenvalue weighted by Gasteiger charge is 2.38. The van der Waals surface area contributed by atoms with Crippen molar-refractivity contribution in [2.24, 2.45) is 7.05 Å². The summed E-state index contributed by atoms with van der Waals surface area (Å²) in [5, 5.41) is 3.21. The van der Waals surface area contributed by atoms with E-state index in [4.69, 9.17) is 4.43 Å². The number of hydrogen-bond acceptors (Lipinski definition) is 4. The van der Waals surface area contributed by atoms with Crippen LogP contribution in [0.15, 0.2) is 17.0 Å². The summed E-state index contributed by atoms with van der Waals surface area (Å²) in [6, 6.07) is 0. The molecule has 0 spiro atoms. The number of aryl methyl sites for hydroxylation is 1. The molecule has 2 aromatic heterocycles. The first-order valence-electron chi connectivity index (χ1n) is 8.67. The molecule has 2 aromatic rings. The highest BCUT2D eigenvalue weighted by atomic mass is 79.9. The van der Waals surface area contributed by atoms with Crippen LogP contribution >= 0.6 is 15.9 Å². The number of aromatic nitrogens is 3. The molecule has 0 radical (unpaired) electrons. The van der Waals surface area contributed by atoms with Gasteiger partial charge in [0.25, 0.3) is 5.91 Å². The molecule has 0 fully saturated rings. The minimum Gasteiger partial charge on any atom is -0.414 e. The quantitative estimate of drug-likeness (QED) is 0.704. The van der Waals surface area contributed by atoms with Crippen LogP contribution in [0.4, 0.5) is 0 Å². The zero-order valence-corrected chi connectivity index (χ0v) is 19.5. The minimum atomic E-state index is -1.88. The molecular formula is C18H29BrN4O2Si. The molecule has 1 N–H and O–H groups in total. The maximum atomic E-state index is 12.9. The molecule has 2 rings (SSSR count). The van der Waals surface area contributed by atoms with Gasteiger partial charge in [-0.1, -0.05) is 20.8 Å². The molecule has 0 atom stereocenters. The topological polar surface area (TPSA) is 69.0 Å². The molecule has 0 aliphatic heterocycles. The molecule has 0 aliphatic rings. The third kappa shape index (κ3) is 4.53. The second kappa shape index (κ2) is 7.05.